The van der Waals surface area contributed by atoms with Crippen molar-refractivity contribution in [1.82, 2.24) is 9.38 Å². The number of esters is 1. The lowest BCUT2D eigenvalue weighted by Gasteiger charge is -2.06. The first kappa shape index (κ1) is 16.5. The van der Waals surface area contributed by atoms with Crippen molar-refractivity contribution in [2.75, 3.05) is 19.0 Å². The van der Waals surface area contributed by atoms with E-state index in [0.717, 1.165) is 5.56 Å². The van der Waals surface area contributed by atoms with Crippen LogP contribution < -0.4 is 10.1 Å². The maximum atomic E-state index is 12.0. The summed E-state index contributed by atoms with van der Waals surface area (Å²) in [6, 6.07) is 10.6. The molecular weight excluding hydrogens is 322 g/mol. The van der Waals surface area contributed by atoms with Crippen LogP contribution in [0.2, 0.25) is 0 Å². The lowest BCUT2D eigenvalue weighted by molar-refractivity contribution is -0.119. The summed E-state index contributed by atoms with van der Waals surface area (Å²) in [4.78, 5) is 28.1. The molecule has 0 atom stereocenters. The van der Waals surface area contributed by atoms with Crippen LogP contribution in [0.3, 0.4) is 0 Å². The summed E-state index contributed by atoms with van der Waals surface area (Å²) in [6.45, 7) is 1.55. The fourth-order valence-electron chi connectivity index (χ4n) is 2.26. The molecule has 0 saturated carbocycles. The number of rotatable bonds is 5. The molecule has 0 spiro atoms. The number of hydrogen-bond acceptors (Lipinski definition) is 5. The summed E-state index contributed by atoms with van der Waals surface area (Å²) in [5, 5.41) is 2.64. The average Bonchev–Trinajstić information content (AvgIpc) is 3.03. The number of ether oxygens (including phenoxy) is 2. The minimum Gasteiger partial charge on any atom is -0.497 e. The summed E-state index contributed by atoms with van der Waals surface area (Å²) in [5.41, 5.74) is 2.43. The third-order valence-electron chi connectivity index (χ3n) is 3.53. The Morgan fingerprint density at radius 2 is 1.96 bits per heavy atom. The van der Waals surface area contributed by atoms with Crippen LogP contribution in [0.25, 0.3) is 5.65 Å². The van der Waals surface area contributed by atoms with E-state index in [1.807, 2.05) is 25.3 Å². The molecule has 25 heavy (non-hydrogen) atoms. The molecule has 7 heteroatoms. The smallest absolute Gasteiger partial charge is 0.359 e. The molecule has 0 saturated heterocycles. The van der Waals surface area contributed by atoms with Gasteiger partial charge in [0.15, 0.2) is 12.3 Å². The topological polar surface area (TPSA) is 81.9 Å². The van der Waals surface area contributed by atoms with E-state index in [9.17, 15) is 9.59 Å². The average molecular weight is 339 g/mol. The van der Waals surface area contributed by atoms with E-state index >= 15 is 0 Å². The number of fused-ring (bicyclic) bond motifs is 1. The second kappa shape index (κ2) is 7.04. The molecule has 1 N–H and O–H groups in total. The normalized spacial score (nSPS) is 10.5. The molecule has 3 rings (SSSR count). The van der Waals surface area contributed by atoms with Gasteiger partial charge in [-0.25, -0.2) is 9.78 Å². The standard InChI is InChI=1S/C18H17N3O4/c1-12-7-8-21-10-15(20-16(21)9-12)18(23)25-11-17(22)19-13-3-5-14(24-2)6-4-13/h3-10H,11H2,1-2H3,(H,19,22). The van der Waals surface area contributed by atoms with Gasteiger partial charge in [-0.3, -0.25) is 4.79 Å². The van der Waals surface area contributed by atoms with Crippen LogP contribution in [-0.4, -0.2) is 35.0 Å². The highest BCUT2D eigenvalue weighted by Crippen LogP contribution is 2.15. The van der Waals surface area contributed by atoms with Crippen molar-refractivity contribution in [3.63, 3.8) is 0 Å². The predicted molar refractivity (Wildman–Crippen MR) is 91.8 cm³/mol. The molecule has 1 aromatic carbocycles. The van der Waals surface area contributed by atoms with Crippen LogP contribution in [0.15, 0.2) is 48.8 Å². The Labute approximate surface area is 144 Å². The van der Waals surface area contributed by atoms with E-state index in [1.165, 1.54) is 0 Å². The van der Waals surface area contributed by atoms with E-state index in [0.29, 0.717) is 17.1 Å². The first-order chi connectivity index (χ1) is 12.0. The van der Waals surface area contributed by atoms with Gasteiger partial charge in [0.1, 0.15) is 11.4 Å². The molecule has 0 bridgehead atoms. The number of imidazole rings is 1. The van der Waals surface area contributed by atoms with Gasteiger partial charge in [-0.2, -0.15) is 0 Å². The monoisotopic (exact) mass is 339 g/mol. The quantitative estimate of drug-likeness (QED) is 0.722. The fraction of sp³-hybridized carbons (Fsp3) is 0.167. The van der Waals surface area contributed by atoms with Crippen molar-refractivity contribution >= 4 is 23.2 Å². The van der Waals surface area contributed by atoms with Crippen LogP contribution in [0.1, 0.15) is 16.1 Å². The number of aryl methyl sites for hydroxylation is 1. The van der Waals surface area contributed by atoms with Gasteiger partial charge in [-0.15, -0.1) is 0 Å². The Balaban J connectivity index is 1.57. The number of benzene rings is 1. The fourth-order valence-corrected chi connectivity index (χ4v) is 2.26. The van der Waals surface area contributed by atoms with Crippen molar-refractivity contribution in [2.24, 2.45) is 0 Å². The van der Waals surface area contributed by atoms with E-state index in [-0.39, 0.29) is 5.69 Å². The van der Waals surface area contributed by atoms with Crippen molar-refractivity contribution in [1.29, 1.82) is 0 Å². The van der Waals surface area contributed by atoms with Crippen molar-refractivity contribution in [3.05, 3.63) is 60.0 Å². The lowest BCUT2D eigenvalue weighted by atomic mass is 10.3. The predicted octanol–water partition coefficient (Wildman–Crippen LogP) is 2.45. The number of anilines is 1. The summed E-state index contributed by atoms with van der Waals surface area (Å²) in [6.07, 6.45) is 3.38. The van der Waals surface area contributed by atoms with Crippen molar-refractivity contribution in [2.45, 2.75) is 6.92 Å². The van der Waals surface area contributed by atoms with E-state index in [4.69, 9.17) is 9.47 Å². The van der Waals surface area contributed by atoms with Gasteiger partial charge in [-0.1, -0.05) is 0 Å². The Kier molecular flexibility index (Phi) is 4.65. The Morgan fingerprint density at radius 1 is 1.20 bits per heavy atom. The van der Waals surface area contributed by atoms with Crippen molar-refractivity contribution in [3.8, 4) is 5.75 Å². The molecule has 0 unspecified atom stereocenters. The lowest BCUT2D eigenvalue weighted by Crippen LogP contribution is -2.21. The second-order valence-electron chi connectivity index (χ2n) is 5.45. The molecular formula is C18H17N3O4. The van der Waals surface area contributed by atoms with E-state index in [1.54, 1.807) is 42.0 Å². The van der Waals surface area contributed by atoms with Crippen LogP contribution in [-0.2, 0) is 9.53 Å². The van der Waals surface area contributed by atoms with Gasteiger partial charge in [0, 0.05) is 18.1 Å². The van der Waals surface area contributed by atoms with E-state index in [2.05, 4.69) is 10.3 Å². The summed E-state index contributed by atoms with van der Waals surface area (Å²) in [7, 11) is 1.56. The third-order valence-corrected chi connectivity index (χ3v) is 3.53. The number of nitrogens with zero attached hydrogens (tertiary/aromatic N) is 2. The summed E-state index contributed by atoms with van der Waals surface area (Å²) in [5.74, 6) is -0.393. The molecule has 3 aromatic rings. The first-order valence-corrected chi connectivity index (χ1v) is 7.61. The van der Waals surface area contributed by atoms with Gasteiger partial charge in [0.25, 0.3) is 5.91 Å². The van der Waals surface area contributed by atoms with Gasteiger partial charge < -0.3 is 19.2 Å². The van der Waals surface area contributed by atoms with Gasteiger partial charge in [0.2, 0.25) is 0 Å². The third kappa shape index (κ3) is 3.95. The summed E-state index contributed by atoms with van der Waals surface area (Å²) >= 11 is 0. The van der Waals surface area contributed by atoms with Gasteiger partial charge in [0.05, 0.1) is 7.11 Å². The Bertz CT molecular complexity index is 916. The highest BCUT2D eigenvalue weighted by Gasteiger charge is 2.14. The Morgan fingerprint density at radius 3 is 2.68 bits per heavy atom. The van der Waals surface area contributed by atoms with E-state index < -0.39 is 18.5 Å². The van der Waals surface area contributed by atoms with Crippen LogP contribution in [0, 0.1) is 6.92 Å². The zero-order valence-electron chi connectivity index (χ0n) is 13.9. The molecule has 0 radical (unpaired) electrons. The minimum absolute atomic E-state index is 0.155. The molecule has 1 amide bonds. The minimum atomic E-state index is -0.647. The second-order valence-corrected chi connectivity index (χ2v) is 5.45. The number of nitrogens with one attached hydrogen (secondary N) is 1. The molecule has 0 aliphatic heterocycles. The summed E-state index contributed by atoms with van der Waals surface area (Å²) < 4.78 is 11.8. The highest BCUT2D eigenvalue weighted by molar-refractivity contribution is 5.95. The number of pyridine rings is 1. The first-order valence-electron chi connectivity index (χ1n) is 7.61. The molecule has 7 nitrogen and oxygen atoms in total. The number of aromatic nitrogens is 2. The maximum absolute atomic E-state index is 12.0. The maximum Gasteiger partial charge on any atom is 0.359 e. The van der Waals surface area contributed by atoms with Gasteiger partial charge >= 0.3 is 5.97 Å². The number of carbonyl (C=O) groups is 2. The van der Waals surface area contributed by atoms with Crippen LogP contribution in [0.4, 0.5) is 5.69 Å². The zero-order valence-corrected chi connectivity index (χ0v) is 13.9. The van der Waals surface area contributed by atoms with Gasteiger partial charge in [-0.05, 0) is 48.9 Å². The number of carbonyl (C=O) groups excluding carboxylic acids is 2. The molecule has 0 fully saturated rings. The molecule has 2 heterocycles. The highest BCUT2D eigenvalue weighted by atomic mass is 16.5. The van der Waals surface area contributed by atoms with Crippen molar-refractivity contribution < 1.29 is 19.1 Å². The van der Waals surface area contributed by atoms with Crippen LogP contribution in [0.5, 0.6) is 5.75 Å². The zero-order chi connectivity index (χ0) is 17.8. The number of hydrogen-bond donors (Lipinski definition) is 1. The Hall–Kier alpha value is -3.35. The number of amides is 1. The molecule has 2 aromatic heterocycles. The number of methoxy groups -OCH3 is 1. The SMILES string of the molecule is COc1ccc(NC(=O)COC(=O)c2cn3ccc(C)cc3n2)cc1. The molecule has 0 aliphatic rings. The largest absolute Gasteiger partial charge is 0.497 e. The van der Waals surface area contributed by atoms with Crippen LogP contribution >= 0.6 is 0 Å². The molecule has 128 valence electrons. The molecule has 0 aliphatic carbocycles.